The van der Waals surface area contributed by atoms with Crippen LogP contribution < -0.4 is 11.0 Å². The number of amides is 1. The van der Waals surface area contributed by atoms with Crippen LogP contribution in [-0.2, 0) is 10.2 Å². The highest BCUT2D eigenvalue weighted by Gasteiger charge is 2.17. The molecular formula is C22H22N2O4. The highest BCUT2D eigenvalue weighted by atomic mass is 16.5. The largest absolute Gasteiger partial charge is 0.465 e. The minimum Gasteiger partial charge on any atom is -0.465 e. The maximum absolute atomic E-state index is 12.7. The fourth-order valence-electron chi connectivity index (χ4n) is 2.94. The summed E-state index contributed by atoms with van der Waals surface area (Å²) in [7, 11) is 1.27. The summed E-state index contributed by atoms with van der Waals surface area (Å²) in [5.74, 6) is -1.04. The van der Waals surface area contributed by atoms with Crippen molar-refractivity contribution in [3.63, 3.8) is 0 Å². The summed E-state index contributed by atoms with van der Waals surface area (Å²) >= 11 is 0. The molecule has 0 aliphatic rings. The molecule has 0 saturated carbocycles. The zero-order valence-corrected chi connectivity index (χ0v) is 16.3. The lowest BCUT2D eigenvalue weighted by molar-refractivity contribution is 0.0601. The number of fused-ring (bicyclic) bond motifs is 1. The Morgan fingerprint density at radius 1 is 0.964 bits per heavy atom. The SMILES string of the molecule is COC(=O)c1cn(NC(=O)c2ccc(C(C)(C)C)cc2)c(=O)c2ccccc12. The fraction of sp³-hybridized carbons (Fsp3) is 0.227. The predicted molar refractivity (Wildman–Crippen MR) is 108 cm³/mol. The van der Waals surface area contributed by atoms with Crippen LogP contribution in [0.15, 0.2) is 59.5 Å². The molecule has 6 heteroatoms. The van der Waals surface area contributed by atoms with E-state index in [0.29, 0.717) is 16.3 Å². The summed E-state index contributed by atoms with van der Waals surface area (Å²) in [5, 5.41) is 0.785. The maximum atomic E-state index is 12.7. The standard InChI is InChI=1S/C22H22N2O4/c1-22(2,3)15-11-9-14(10-12-15)19(25)23-24-13-18(21(27)28-4)16-7-5-6-8-17(16)20(24)26/h5-13H,1-4H3,(H,23,25). The van der Waals surface area contributed by atoms with Gasteiger partial charge < -0.3 is 4.74 Å². The number of ether oxygens (including phenoxy) is 1. The van der Waals surface area contributed by atoms with E-state index in [1.54, 1.807) is 36.4 Å². The summed E-state index contributed by atoms with van der Waals surface area (Å²) < 4.78 is 5.83. The van der Waals surface area contributed by atoms with E-state index >= 15 is 0 Å². The molecule has 0 bridgehead atoms. The molecule has 3 aromatic rings. The second-order valence-corrected chi connectivity index (χ2v) is 7.52. The number of carbonyl (C=O) groups is 2. The summed E-state index contributed by atoms with van der Waals surface area (Å²) in [4.78, 5) is 37.5. The van der Waals surface area contributed by atoms with Gasteiger partial charge in [0.1, 0.15) is 0 Å². The molecular weight excluding hydrogens is 356 g/mol. The van der Waals surface area contributed by atoms with E-state index in [4.69, 9.17) is 4.74 Å². The van der Waals surface area contributed by atoms with Crippen molar-refractivity contribution < 1.29 is 14.3 Å². The van der Waals surface area contributed by atoms with Crippen molar-refractivity contribution in [3.05, 3.63) is 81.8 Å². The van der Waals surface area contributed by atoms with Gasteiger partial charge in [0.15, 0.2) is 0 Å². The molecule has 6 nitrogen and oxygen atoms in total. The second kappa shape index (κ2) is 7.31. The molecule has 144 valence electrons. The van der Waals surface area contributed by atoms with E-state index < -0.39 is 17.4 Å². The molecule has 1 amide bonds. The zero-order chi connectivity index (χ0) is 20.5. The number of benzene rings is 2. The third kappa shape index (κ3) is 3.67. The number of pyridine rings is 1. The van der Waals surface area contributed by atoms with Crippen LogP contribution in [0.3, 0.4) is 0 Å². The van der Waals surface area contributed by atoms with Crippen LogP contribution in [0.2, 0.25) is 0 Å². The monoisotopic (exact) mass is 378 g/mol. The summed E-state index contributed by atoms with van der Waals surface area (Å²) in [6.07, 6.45) is 1.29. The highest BCUT2D eigenvalue weighted by Crippen LogP contribution is 2.22. The molecule has 2 aromatic carbocycles. The molecule has 1 aromatic heterocycles. The normalized spacial score (nSPS) is 11.3. The van der Waals surface area contributed by atoms with Gasteiger partial charge in [0.2, 0.25) is 0 Å². The van der Waals surface area contributed by atoms with Gasteiger partial charge in [-0.25, -0.2) is 9.47 Å². The van der Waals surface area contributed by atoms with Crippen LogP contribution in [0.5, 0.6) is 0 Å². The molecule has 1 N–H and O–H groups in total. The van der Waals surface area contributed by atoms with Crippen LogP contribution in [0.4, 0.5) is 0 Å². The quantitative estimate of drug-likeness (QED) is 0.708. The number of esters is 1. The minimum absolute atomic E-state index is 0.0281. The van der Waals surface area contributed by atoms with E-state index in [-0.39, 0.29) is 11.0 Å². The fourth-order valence-corrected chi connectivity index (χ4v) is 2.94. The number of nitrogens with one attached hydrogen (secondary N) is 1. The Labute approximate surface area is 162 Å². The van der Waals surface area contributed by atoms with E-state index in [1.807, 2.05) is 12.1 Å². The predicted octanol–water partition coefficient (Wildman–Crippen LogP) is 3.47. The number of rotatable bonds is 3. The molecule has 0 fully saturated rings. The van der Waals surface area contributed by atoms with Crippen molar-refractivity contribution >= 4 is 22.6 Å². The van der Waals surface area contributed by atoms with Crippen molar-refractivity contribution in [1.29, 1.82) is 0 Å². The van der Waals surface area contributed by atoms with E-state index in [9.17, 15) is 14.4 Å². The lowest BCUT2D eigenvalue weighted by Gasteiger charge is -2.19. The van der Waals surface area contributed by atoms with Gasteiger partial charge in [0, 0.05) is 22.5 Å². The lowest BCUT2D eigenvalue weighted by atomic mass is 9.87. The minimum atomic E-state index is -0.589. The highest BCUT2D eigenvalue weighted by molar-refractivity contribution is 6.04. The Morgan fingerprint density at radius 3 is 2.14 bits per heavy atom. The topological polar surface area (TPSA) is 77.4 Å². The first-order valence-electron chi connectivity index (χ1n) is 8.87. The van der Waals surface area contributed by atoms with E-state index in [1.165, 1.54) is 13.3 Å². The maximum Gasteiger partial charge on any atom is 0.340 e. The van der Waals surface area contributed by atoms with Crippen molar-refractivity contribution in [3.8, 4) is 0 Å². The Balaban J connectivity index is 2.00. The van der Waals surface area contributed by atoms with Crippen molar-refractivity contribution in [1.82, 2.24) is 4.68 Å². The van der Waals surface area contributed by atoms with Crippen LogP contribution in [-0.4, -0.2) is 23.7 Å². The van der Waals surface area contributed by atoms with Crippen LogP contribution >= 0.6 is 0 Å². The van der Waals surface area contributed by atoms with Crippen molar-refractivity contribution in [2.24, 2.45) is 0 Å². The number of nitrogens with zero attached hydrogens (tertiary/aromatic N) is 1. The van der Waals surface area contributed by atoms with Crippen molar-refractivity contribution in [2.75, 3.05) is 12.5 Å². The number of hydrogen-bond donors (Lipinski definition) is 1. The Hall–Kier alpha value is -3.41. The lowest BCUT2D eigenvalue weighted by Crippen LogP contribution is -2.33. The molecule has 0 radical (unpaired) electrons. The first kappa shape index (κ1) is 19.4. The summed E-state index contributed by atoms with van der Waals surface area (Å²) in [6.45, 7) is 6.27. The number of aromatic nitrogens is 1. The third-order valence-electron chi connectivity index (χ3n) is 4.57. The number of hydrogen-bond acceptors (Lipinski definition) is 4. The Kier molecular flexibility index (Phi) is 5.05. The molecule has 3 rings (SSSR count). The van der Waals surface area contributed by atoms with Gasteiger partial charge in [-0.2, -0.15) is 0 Å². The van der Waals surface area contributed by atoms with Gasteiger partial charge in [-0.1, -0.05) is 51.1 Å². The average Bonchev–Trinajstić information content (AvgIpc) is 2.69. The van der Waals surface area contributed by atoms with Gasteiger partial charge in [0.05, 0.1) is 12.7 Å². The zero-order valence-electron chi connectivity index (χ0n) is 16.3. The van der Waals surface area contributed by atoms with Crippen LogP contribution in [0.1, 0.15) is 47.1 Å². The first-order valence-corrected chi connectivity index (χ1v) is 8.87. The molecule has 0 atom stereocenters. The average molecular weight is 378 g/mol. The molecule has 0 spiro atoms. The van der Waals surface area contributed by atoms with Gasteiger partial charge >= 0.3 is 5.97 Å². The summed E-state index contributed by atoms with van der Waals surface area (Å²) in [6, 6.07) is 13.9. The third-order valence-corrected chi connectivity index (χ3v) is 4.57. The Bertz CT molecular complexity index is 1110. The van der Waals surface area contributed by atoms with Crippen molar-refractivity contribution in [2.45, 2.75) is 26.2 Å². The first-order chi connectivity index (χ1) is 13.2. The molecule has 0 aliphatic heterocycles. The summed E-state index contributed by atoms with van der Waals surface area (Å²) in [5.41, 5.74) is 3.80. The molecule has 28 heavy (non-hydrogen) atoms. The second-order valence-electron chi connectivity index (χ2n) is 7.52. The van der Waals surface area contributed by atoms with Crippen LogP contribution in [0, 0.1) is 0 Å². The Morgan fingerprint density at radius 2 is 1.57 bits per heavy atom. The number of methoxy groups -OCH3 is 1. The molecule has 0 unspecified atom stereocenters. The van der Waals surface area contributed by atoms with Gasteiger partial charge in [-0.05, 0) is 29.2 Å². The van der Waals surface area contributed by atoms with Gasteiger partial charge in [-0.3, -0.25) is 15.0 Å². The van der Waals surface area contributed by atoms with E-state index in [2.05, 4.69) is 26.2 Å². The molecule has 0 saturated heterocycles. The van der Waals surface area contributed by atoms with Gasteiger partial charge in [0.25, 0.3) is 11.5 Å². The van der Waals surface area contributed by atoms with E-state index in [0.717, 1.165) is 10.2 Å². The molecule has 1 heterocycles. The number of carbonyl (C=O) groups excluding carboxylic acids is 2. The smallest absolute Gasteiger partial charge is 0.340 e. The van der Waals surface area contributed by atoms with Gasteiger partial charge in [-0.15, -0.1) is 0 Å². The molecule has 0 aliphatic carbocycles. The van der Waals surface area contributed by atoms with Crippen LogP contribution in [0.25, 0.3) is 10.8 Å².